The number of nitrogens with zero attached hydrogens (tertiary/aromatic N) is 1. The quantitative estimate of drug-likeness (QED) is 0.797. The van der Waals surface area contributed by atoms with E-state index in [1.165, 1.54) is 7.11 Å². The number of hydrogen-bond donors (Lipinski definition) is 0. The molecule has 1 rings (SSSR count). The molecular formula is C10H12F3NO4S. The van der Waals surface area contributed by atoms with Crippen LogP contribution >= 0.6 is 0 Å². The molecule has 0 aliphatic heterocycles. The summed E-state index contributed by atoms with van der Waals surface area (Å²) in [6.07, 6.45) is -5.29. The van der Waals surface area contributed by atoms with Crippen LogP contribution in [-0.2, 0) is 20.5 Å². The van der Waals surface area contributed by atoms with Crippen LogP contribution in [-0.4, -0.2) is 26.8 Å². The van der Waals surface area contributed by atoms with Crippen molar-refractivity contribution in [3.05, 3.63) is 23.4 Å². The van der Waals surface area contributed by atoms with E-state index in [0.717, 1.165) is 25.3 Å². The zero-order valence-corrected chi connectivity index (χ0v) is 11.2. The molecule has 1 aromatic heterocycles. The van der Waals surface area contributed by atoms with Crippen molar-refractivity contribution >= 4 is 10.1 Å². The molecule has 1 unspecified atom stereocenters. The number of halogens is 3. The highest BCUT2D eigenvalue weighted by molar-refractivity contribution is 7.86. The van der Waals surface area contributed by atoms with Gasteiger partial charge in [-0.1, -0.05) is 0 Å². The fraction of sp³-hybridized carbons (Fsp3) is 0.500. The van der Waals surface area contributed by atoms with Gasteiger partial charge in [0, 0.05) is 6.07 Å². The first-order chi connectivity index (χ1) is 8.54. The molecule has 0 saturated carbocycles. The molecule has 1 heterocycles. The Kier molecular flexibility index (Phi) is 4.41. The third-order valence-corrected chi connectivity index (χ3v) is 2.76. The van der Waals surface area contributed by atoms with Crippen LogP contribution < -0.4 is 4.74 Å². The Morgan fingerprint density at radius 2 is 1.89 bits per heavy atom. The van der Waals surface area contributed by atoms with Crippen LogP contribution in [0.1, 0.15) is 24.3 Å². The number of methoxy groups -OCH3 is 1. The predicted molar refractivity (Wildman–Crippen MR) is 60.1 cm³/mol. The van der Waals surface area contributed by atoms with Crippen molar-refractivity contribution in [2.75, 3.05) is 13.4 Å². The lowest BCUT2D eigenvalue weighted by Gasteiger charge is -2.17. The number of rotatable bonds is 4. The van der Waals surface area contributed by atoms with E-state index >= 15 is 0 Å². The first-order valence-corrected chi connectivity index (χ1v) is 6.86. The summed E-state index contributed by atoms with van der Waals surface area (Å²) in [4.78, 5) is 3.61. The number of aromatic nitrogens is 1. The number of alkyl halides is 3. The van der Waals surface area contributed by atoms with E-state index in [1.54, 1.807) is 0 Å². The number of hydrogen-bond acceptors (Lipinski definition) is 5. The van der Waals surface area contributed by atoms with Crippen molar-refractivity contribution < 1.29 is 30.5 Å². The molecule has 0 bridgehead atoms. The van der Waals surface area contributed by atoms with Gasteiger partial charge in [0.1, 0.15) is 6.10 Å². The van der Waals surface area contributed by atoms with Gasteiger partial charge >= 0.3 is 6.18 Å². The predicted octanol–water partition coefficient (Wildman–Crippen LogP) is 2.15. The lowest BCUT2D eigenvalue weighted by molar-refractivity contribution is -0.139. The fourth-order valence-corrected chi connectivity index (χ4v) is 2.04. The minimum atomic E-state index is -4.66. The highest BCUT2D eigenvalue weighted by Gasteiger charge is 2.36. The zero-order valence-electron chi connectivity index (χ0n) is 10.4. The Hall–Kier alpha value is -1.35. The Morgan fingerprint density at radius 3 is 2.32 bits per heavy atom. The summed E-state index contributed by atoms with van der Waals surface area (Å²) in [6.45, 7) is 1.16. The largest absolute Gasteiger partial charge is 0.481 e. The van der Waals surface area contributed by atoms with E-state index < -0.39 is 33.7 Å². The lowest BCUT2D eigenvalue weighted by Crippen LogP contribution is -2.16. The second-order valence-electron chi connectivity index (χ2n) is 3.73. The molecule has 0 radical (unpaired) electrons. The summed E-state index contributed by atoms with van der Waals surface area (Å²) in [5.74, 6) is -0.0630. The molecule has 0 fully saturated rings. The summed E-state index contributed by atoms with van der Waals surface area (Å²) >= 11 is 0. The van der Waals surface area contributed by atoms with Gasteiger partial charge in [-0.25, -0.2) is 4.98 Å². The average Bonchev–Trinajstić information content (AvgIpc) is 2.24. The van der Waals surface area contributed by atoms with Crippen LogP contribution in [0.15, 0.2) is 12.1 Å². The van der Waals surface area contributed by atoms with Crippen molar-refractivity contribution in [2.45, 2.75) is 19.2 Å². The van der Waals surface area contributed by atoms with E-state index in [2.05, 4.69) is 9.17 Å². The van der Waals surface area contributed by atoms with Crippen LogP contribution in [0, 0.1) is 0 Å². The van der Waals surface area contributed by atoms with Gasteiger partial charge < -0.3 is 4.74 Å². The summed E-state index contributed by atoms with van der Waals surface area (Å²) in [5, 5.41) is 0. The van der Waals surface area contributed by atoms with Crippen LogP contribution in [0.2, 0.25) is 0 Å². The molecule has 0 amide bonds. The van der Waals surface area contributed by atoms with Gasteiger partial charge in [0.15, 0.2) is 0 Å². The standard InChI is InChI=1S/C10H12F3NO4S/c1-6(18-19(3,15)16)9-7(10(11,12)13)4-5-8(14-9)17-2/h4-6H,1-3H3. The molecule has 0 N–H and O–H groups in total. The Labute approximate surface area is 108 Å². The molecule has 0 saturated heterocycles. The minimum Gasteiger partial charge on any atom is -0.481 e. The van der Waals surface area contributed by atoms with Gasteiger partial charge in [0.25, 0.3) is 10.1 Å². The molecular weight excluding hydrogens is 287 g/mol. The maximum Gasteiger partial charge on any atom is 0.418 e. The van der Waals surface area contributed by atoms with E-state index in [4.69, 9.17) is 4.74 Å². The fourth-order valence-electron chi connectivity index (χ4n) is 1.43. The Balaban J connectivity index is 3.29. The third kappa shape index (κ3) is 4.35. The van der Waals surface area contributed by atoms with Gasteiger partial charge in [-0.2, -0.15) is 21.6 Å². The van der Waals surface area contributed by atoms with Crippen molar-refractivity contribution in [3.8, 4) is 5.88 Å². The molecule has 0 aromatic carbocycles. The average molecular weight is 299 g/mol. The topological polar surface area (TPSA) is 65.5 Å². The maximum absolute atomic E-state index is 12.8. The number of pyridine rings is 1. The van der Waals surface area contributed by atoms with Crippen molar-refractivity contribution in [3.63, 3.8) is 0 Å². The minimum absolute atomic E-state index is 0.0630. The summed E-state index contributed by atoms with van der Waals surface area (Å²) in [5.41, 5.74) is -1.61. The van der Waals surface area contributed by atoms with Gasteiger partial charge in [-0.15, -0.1) is 0 Å². The first-order valence-electron chi connectivity index (χ1n) is 5.05. The highest BCUT2D eigenvalue weighted by atomic mass is 32.2. The van der Waals surface area contributed by atoms with Gasteiger partial charge in [0.05, 0.1) is 24.6 Å². The Morgan fingerprint density at radius 1 is 1.32 bits per heavy atom. The van der Waals surface area contributed by atoms with E-state index in [9.17, 15) is 21.6 Å². The molecule has 108 valence electrons. The second kappa shape index (κ2) is 5.33. The smallest absolute Gasteiger partial charge is 0.418 e. The van der Waals surface area contributed by atoms with Gasteiger partial charge in [-0.05, 0) is 13.0 Å². The van der Waals surface area contributed by atoms with Gasteiger partial charge in [0.2, 0.25) is 5.88 Å². The van der Waals surface area contributed by atoms with Crippen LogP contribution in [0.5, 0.6) is 5.88 Å². The molecule has 1 atom stereocenters. The molecule has 0 spiro atoms. The van der Waals surface area contributed by atoms with Gasteiger partial charge in [-0.3, -0.25) is 4.18 Å². The van der Waals surface area contributed by atoms with Crippen LogP contribution in [0.3, 0.4) is 0 Å². The lowest BCUT2D eigenvalue weighted by atomic mass is 10.1. The molecule has 0 aliphatic carbocycles. The monoisotopic (exact) mass is 299 g/mol. The third-order valence-electron chi connectivity index (χ3n) is 2.12. The van der Waals surface area contributed by atoms with E-state index in [0.29, 0.717) is 0 Å². The van der Waals surface area contributed by atoms with E-state index in [-0.39, 0.29) is 5.88 Å². The molecule has 5 nitrogen and oxygen atoms in total. The molecule has 9 heteroatoms. The van der Waals surface area contributed by atoms with Crippen LogP contribution in [0.4, 0.5) is 13.2 Å². The van der Waals surface area contributed by atoms with Crippen molar-refractivity contribution in [1.29, 1.82) is 0 Å². The maximum atomic E-state index is 12.8. The van der Waals surface area contributed by atoms with Crippen LogP contribution in [0.25, 0.3) is 0 Å². The molecule has 19 heavy (non-hydrogen) atoms. The Bertz CT molecular complexity index is 556. The van der Waals surface area contributed by atoms with Crippen molar-refractivity contribution in [2.24, 2.45) is 0 Å². The SMILES string of the molecule is COc1ccc(C(F)(F)F)c(C(C)OS(C)(=O)=O)n1. The van der Waals surface area contributed by atoms with Crippen molar-refractivity contribution in [1.82, 2.24) is 4.98 Å². The summed E-state index contributed by atoms with van der Waals surface area (Å²) in [7, 11) is -2.66. The molecule has 0 aliphatic rings. The summed E-state index contributed by atoms with van der Waals surface area (Å²) in [6, 6.07) is 1.81. The molecule has 1 aromatic rings. The number of ether oxygens (including phenoxy) is 1. The second-order valence-corrected chi connectivity index (χ2v) is 5.33. The summed E-state index contributed by atoms with van der Waals surface area (Å²) < 4.78 is 69.5. The highest BCUT2D eigenvalue weighted by Crippen LogP contribution is 2.36. The first kappa shape index (κ1) is 15.7. The zero-order chi connectivity index (χ0) is 14.8. The van der Waals surface area contributed by atoms with E-state index in [1.807, 2.05) is 0 Å². The normalized spacial score (nSPS) is 14.2.